The van der Waals surface area contributed by atoms with Crippen molar-refractivity contribution >= 4 is 9.84 Å². The van der Waals surface area contributed by atoms with Gasteiger partial charge in [0.25, 0.3) is 0 Å². The van der Waals surface area contributed by atoms with Gasteiger partial charge in [-0.15, -0.1) is 0 Å². The van der Waals surface area contributed by atoms with Gasteiger partial charge < -0.3 is 5.11 Å². The van der Waals surface area contributed by atoms with Gasteiger partial charge in [-0.3, -0.25) is 0 Å². The number of aliphatic hydroxyl groups excluding tert-OH is 1. The molecule has 3 nitrogen and oxygen atoms in total. The Morgan fingerprint density at radius 2 is 1.71 bits per heavy atom. The summed E-state index contributed by atoms with van der Waals surface area (Å²) >= 11 is 0. The van der Waals surface area contributed by atoms with E-state index in [0.717, 1.165) is 16.7 Å². The Labute approximate surface area is 126 Å². The second kappa shape index (κ2) is 6.41. The van der Waals surface area contributed by atoms with Crippen LogP contribution in [0.25, 0.3) is 0 Å². The summed E-state index contributed by atoms with van der Waals surface area (Å²) in [6.07, 6.45) is -0.985. The maximum absolute atomic E-state index is 12.3. The van der Waals surface area contributed by atoms with E-state index in [1.165, 1.54) is 0 Å². The van der Waals surface area contributed by atoms with Gasteiger partial charge in [0.05, 0.1) is 17.6 Å². The highest BCUT2D eigenvalue weighted by atomic mass is 32.2. The van der Waals surface area contributed by atoms with Crippen LogP contribution in [0.15, 0.2) is 48.5 Å². The van der Waals surface area contributed by atoms with Crippen molar-refractivity contribution in [2.24, 2.45) is 0 Å². The van der Waals surface area contributed by atoms with Gasteiger partial charge in [-0.05, 0) is 30.5 Å². The number of benzene rings is 2. The van der Waals surface area contributed by atoms with Gasteiger partial charge in [0.15, 0.2) is 9.84 Å². The summed E-state index contributed by atoms with van der Waals surface area (Å²) in [4.78, 5) is 0. The predicted molar refractivity (Wildman–Crippen MR) is 84.8 cm³/mol. The van der Waals surface area contributed by atoms with Crippen molar-refractivity contribution in [1.29, 1.82) is 0 Å². The molecule has 2 aromatic carbocycles. The van der Waals surface area contributed by atoms with E-state index in [2.05, 4.69) is 0 Å². The van der Waals surface area contributed by atoms with Gasteiger partial charge in [0, 0.05) is 0 Å². The van der Waals surface area contributed by atoms with Gasteiger partial charge >= 0.3 is 0 Å². The molecule has 0 saturated carbocycles. The number of hydrogen-bond acceptors (Lipinski definition) is 3. The van der Waals surface area contributed by atoms with Crippen molar-refractivity contribution in [1.82, 2.24) is 0 Å². The molecule has 1 atom stereocenters. The van der Waals surface area contributed by atoms with Gasteiger partial charge in [-0.2, -0.15) is 0 Å². The minimum Gasteiger partial charge on any atom is -0.387 e. The molecule has 0 amide bonds. The minimum atomic E-state index is -3.37. The molecular weight excluding hydrogens is 284 g/mol. The number of aliphatic hydroxyl groups is 1. The second-order valence-electron chi connectivity index (χ2n) is 5.41. The fraction of sp³-hybridized carbons (Fsp3) is 0.294. The highest BCUT2D eigenvalue weighted by Gasteiger charge is 2.20. The summed E-state index contributed by atoms with van der Waals surface area (Å²) < 4.78 is 24.6. The normalized spacial score (nSPS) is 13.1. The average molecular weight is 304 g/mol. The topological polar surface area (TPSA) is 54.4 Å². The highest BCUT2D eigenvalue weighted by Crippen LogP contribution is 2.19. The molecule has 0 spiro atoms. The molecule has 112 valence electrons. The smallest absolute Gasteiger partial charge is 0.157 e. The van der Waals surface area contributed by atoms with E-state index in [-0.39, 0.29) is 11.5 Å². The fourth-order valence-corrected chi connectivity index (χ4v) is 3.84. The van der Waals surface area contributed by atoms with Gasteiger partial charge in [-0.1, -0.05) is 54.1 Å². The van der Waals surface area contributed by atoms with Crippen molar-refractivity contribution in [2.45, 2.75) is 25.7 Å². The summed E-state index contributed by atoms with van der Waals surface area (Å²) in [7, 11) is -3.37. The first-order chi connectivity index (χ1) is 9.87. The second-order valence-corrected chi connectivity index (χ2v) is 7.52. The quantitative estimate of drug-likeness (QED) is 0.924. The minimum absolute atomic E-state index is 0.0373. The van der Waals surface area contributed by atoms with Crippen LogP contribution in [0.3, 0.4) is 0 Å². The fourth-order valence-electron chi connectivity index (χ4n) is 2.26. The maximum atomic E-state index is 12.3. The molecule has 21 heavy (non-hydrogen) atoms. The molecule has 0 aliphatic heterocycles. The highest BCUT2D eigenvalue weighted by molar-refractivity contribution is 7.90. The number of hydrogen-bond donors (Lipinski definition) is 1. The lowest BCUT2D eigenvalue weighted by Gasteiger charge is -2.13. The molecule has 0 saturated heterocycles. The molecular formula is C17H20O3S. The first-order valence-electron chi connectivity index (χ1n) is 6.87. The van der Waals surface area contributed by atoms with E-state index in [9.17, 15) is 13.5 Å². The van der Waals surface area contributed by atoms with Crippen LogP contribution in [0.5, 0.6) is 0 Å². The Bertz CT molecular complexity index is 706. The lowest BCUT2D eigenvalue weighted by molar-refractivity contribution is 0.201. The summed E-state index contributed by atoms with van der Waals surface area (Å²) in [5.74, 6) is -0.297. The zero-order valence-electron chi connectivity index (χ0n) is 12.3. The van der Waals surface area contributed by atoms with Crippen LogP contribution >= 0.6 is 0 Å². The molecule has 0 heterocycles. The Hall–Kier alpha value is -1.65. The van der Waals surface area contributed by atoms with Crippen LogP contribution < -0.4 is 0 Å². The Balaban J connectivity index is 2.14. The molecule has 0 aromatic heterocycles. The van der Waals surface area contributed by atoms with Crippen molar-refractivity contribution < 1.29 is 13.5 Å². The van der Waals surface area contributed by atoms with E-state index in [4.69, 9.17) is 0 Å². The summed E-state index contributed by atoms with van der Waals surface area (Å²) in [6.45, 7) is 3.84. The van der Waals surface area contributed by atoms with Gasteiger partial charge in [0.1, 0.15) is 0 Å². The largest absolute Gasteiger partial charge is 0.387 e. The molecule has 2 rings (SSSR count). The van der Waals surface area contributed by atoms with E-state index in [1.54, 1.807) is 24.3 Å². The van der Waals surface area contributed by atoms with Crippen LogP contribution in [0.2, 0.25) is 0 Å². The monoisotopic (exact) mass is 304 g/mol. The first kappa shape index (κ1) is 15.7. The molecule has 0 aliphatic rings. The molecule has 2 aromatic rings. The summed E-state index contributed by atoms with van der Waals surface area (Å²) in [6, 6.07) is 14.7. The third kappa shape index (κ3) is 4.41. The third-order valence-electron chi connectivity index (χ3n) is 3.48. The van der Waals surface area contributed by atoms with Gasteiger partial charge in [-0.25, -0.2) is 8.42 Å². The zero-order chi connectivity index (χ0) is 15.5. The van der Waals surface area contributed by atoms with Crippen LogP contribution in [0.4, 0.5) is 0 Å². The van der Waals surface area contributed by atoms with Crippen LogP contribution in [-0.2, 0) is 15.6 Å². The average Bonchev–Trinajstić information content (AvgIpc) is 2.43. The molecule has 0 bridgehead atoms. The van der Waals surface area contributed by atoms with E-state index in [0.29, 0.717) is 5.56 Å². The predicted octanol–water partition coefficient (Wildman–Crippen LogP) is 2.95. The Morgan fingerprint density at radius 1 is 1.05 bits per heavy atom. The van der Waals surface area contributed by atoms with Crippen LogP contribution in [-0.4, -0.2) is 19.3 Å². The third-order valence-corrected chi connectivity index (χ3v) is 5.05. The zero-order valence-corrected chi connectivity index (χ0v) is 13.1. The number of aryl methyl sites for hydroxylation is 2. The SMILES string of the molecule is Cc1ccc(C)c(CS(=O)(=O)C[C@@H](O)c2ccccc2)c1. The van der Waals surface area contributed by atoms with Crippen molar-refractivity contribution in [2.75, 3.05) is 5.75 Å². The number of rotatable bonds is 5. The molecule has 0 fully saturated rings. The molecule has 4 heteroatoms. The molecule has 1 N–H and O–H groups in total. The Morgan fingerprint density at radius 3 is 2.38 bits per heavy atom. The van der Waals surface area contributed by atoms with Crippen molar-refractivity contribution in [3.63, 3.8) is 0 Å². The van der Waals surface area contributed by atoms with E-state index < -0.39 is 15.9 Å². The lowest BCUT2D eigenvalue weighted by atomic mass is 10.1. The van der Waals surface area contributed by atoms with E-state index >= 15 is 0 Å². The van der Waals surface area contributed by atoms with Crippen LogP contribution in [0.1, 0.15) is 28.4 Å². The van der Waals surface area contributed by atoms with Gasteiger partial charge in [0.2, 0.25) is 0 Å². The molecule has 0 radical (unpaired) electrons. The Kier molecular flexibility index (Phi) is 4.80. The van der Waals surface area contributed by atoms with Crippen molar-refractivity contribution in [3.8, 4) is 0 Å². The van der Waals surface area contributed by atoms with Crippen LogP contribution in [0, 0.1) is 13.8 Å². The van der Waals surface area contributed by atoms with Crippen molar-refractivity contribution in [3.05, 3.63) is 70.8 Å². The first-order valence-corrected chi connectivity index (χ1v) is 8.69. The lowest BCUT2D eigenvalue weighted by Crippen LogP contribution is -2.17. The maximum Gasteiger partial charge on any atom is 0.157 e. The standard InChI is InChI=1S/C17H20O3S/c1-13-8-9-14(2)16(10-13)11-21(19,20)12-17(18)15-6-4-3-5-7-15/h3-10,17-18H,11-12H2,1-2H3/t17-/m1/s1. The number of sulfone groups is 1. The summed E-state index contributed by atoms with van der Waals surface area (Å²) in [5.41, 5.74) is 3.42. The van der Waals surface area contributed by atoms with E-state index in [1.807, 2.05) is 38.1 Å². The molecule has 0 aliphatic carbocycles. The molecule has 0 unspecified atom stereocenters. The summed E-state index contributed by atoms with van der Waals surface area (Å²) in [5, 5.41) is 10.1.